The second kappa shape index (κ2) is 7.92. The van der Waals surface area contributed by atoms with Gasteiger partial charge in [-0.25, -0.2) is 9.67 Å². The zero-order chi connectivity index (χ0) is 22.3. The maximum atomic E-state index is 13.4. The Morgan fingerprint density at radius 1 is 1.35 bits per heavy atom. The summed E-state index contributed by atoms with van der Waals surface area (Å²) in [5.74, 6) is -0.207. The van der Waals surface area contributed by atoms with Crippen LogP contribution in [0.2, 0.25) is 5.02 Å². The molecule has 7 nitrogen and oxygen atoms in total. The number of nitrogens with zero attached hydrogens (tertiary/aromatic N) is 5. The number of likely N-dealkylation sites (tertiary alicyclic amines) is 1. The first kappa shape index (κ1) is 21.2. The van der Waals surface area contributed by atoms with E-state index in [1.165, 1.54) is 6.07 Å². The number of aryl methyl sites for hydroxylation is 1. The van der Waals surface area contributed by atoms with Crippen LogP contribution in [0.4, 0.5) is 13.2 Å². The van der Waals surface area contributed by atoms with E-state index in [0.29, 0.717) is 13.0 Å². The van der Waals surface area contributed by atoms with Gasteiger partial charge in [0, 0.05) is 43.5 Å². The van der Waals surface area contributed by atoms with Crippen LogP contribution in [0.5, 0.6) is 5.75 Å². The van der Waals surface area contributed by atoms with Gasteiger partial charge in [-0.3, -0.25) is 4.79 Å². The number of carbonyl (C=O) groups is 1. The van der Waals surface area contributed by atoms with E-state index in [1.807, 2.05) is 17.8 Å². The number of hydrogen-bond donors (Lipinski definition) is 1. The van der Waals surface area contributed by atoms with Crippen molar-refractivity contribution >= 4 is 17.5 Å². The first-order valence-corrected chi connectivity index (χ1v) is 9.96. The van der Waals surface area contributed by atoms with Gasteiger partial charge in [0.2, 0.25) is 0 Å². The molecule has 1 saturated heterocycles. The van der Waals surface area contributed by atoms with Crippen molar-refractivity contribution in [3.05, 3.63) is 58.9 Å². The molecule has 0 bridgehead atoms. The number of alkyl halides is 3. The molecule has 0 aliphatic carbocycles. The van der Waals surface area contributed by atoms with Gasteiger partial charge in [-0.2, -0.15) is 18.3 Å². The molecule has 3 aromatic rings. The first-order valence-electron chi connectivity index (χ1n) is 9.58. The fraction of sp³-hybridized carbons (Fsp3) is 0.350. The smallest absolute Gasteiger partial charge is 0.418 e. The lowest BCUT2D eigenvalue weighted by Gasteiger charge is -2.23. The molecule has 2 aromatic heterocycles. The van der Waals surface area contributed by atoms with Gasteiger partial charge in [0.25, 0.3) is 5.91 Å². The number of imidazole rings is 1. The van der Waals surface area contributed by atoms with Crippen molar-refractivity contribution < 1.29 is 23.1 Å². The zero-order valence-electron chi connectivity index (χ0n) is 16.5. The van der Waals surface area contributed by atoms with Crippen LogP contribution in [-0.2, 0) is 19.6 Å². The summed E-state index contributed by atoms with van der Waals surface area (Å²) >= 11 is 5.72. The average molecular weight is 454 g/mol. The SMILES string of the molecule is Cn1ccnc1C[C@H]1CCCN1C(=O)c1nn(-c2ccc(Cl)cc2C(F)(F)F)cc1O. The molecule has 0 spiro atoms. The third kappa shape index (κ3) is 4.12. The van der Waals surface area contributed by atoms with Crippen molar-refractivity contribution in [2.75, 3.05) is 6.54 Å². The summed E-state index contributed by atoms with van der Waals surface area (Å²) < 4.78 is 43.1. The Labute approximate surface area is 180 Å². The Kier molecular flexibility index (Phi) is 5.42. The molecule has 1 N–H and O–H groups in total. The van der Waals surface area contributed by atoms with Crippen LogP contribution in [0.3, 0.4) is 0 Å². The largest absolute Gasteiger partial charge is 0.504 e. The summed E-state index contributed by atoms with van der Waals surface area (Å²) in [5.41, 5.74) is -1.65. The van der Waals surface area contributed by atoms with Gasteiger partial charge in [-0.05, 0) is 31.0 Å². The van der Waals surface area contributed by atoms with Crippen molar-refractivity contribution in [2.24, 2.45) is 7.05 Å². The highest BCUT2D eigenvalue weighted by Gasteiger charge is 2.36. The van der Waals surface area contributed by atoms with Crippen LogP contribution in [0, 0.1) is 0 Å². The van der Waals surface area contributed by atoms with Crippen LogP contribution in [0.15, 0.2) is 36.8 Å². The fourth-order valence-corrected chi connectivity index (χ4v) is 4.00. The molecular weight excluding hydrogens is 435 g/mol. The standard InChI is InChI=1S/C20H19ClF3N5O2/c1-27-8-6-25-17(27)10-13-3-2-7-28(13)19(31)18-16(30)11-29(26-18)15-5-4-12(21)9-14(15)20(22,23)24/h4-6,8-9,11,13,30H,2-3,7,10H2,1H3/t13-/m1/s1. The number of halogens is 4. The molecule has 3 heterocycles. The number of hydrogen-bond acceptors (Lipinski definition) is 4. The molecule has 11 heteroatoms. The molecule has 0 saturated carbocycles. The molecule has 4 rings (SSSR count). The molecule has 1 fully saturated rings. The lowest BCUT2D eigenvalue weighted by Crippen LogP contribution is -2.37. The molecule has 1 aromatic carbocycles. The maximum absolute atomic E-state index is 13.4. The van der Waals surface area contributed by atoms with Crippen molar-refractivity contribution in [2.45, 2.75) is 31.5 Å². The zero-order valence-corrected chi connectivity index (χ0v) is 17.2. The molecule has 0 radical (unpaired) electrons. The van der Waals surface area contributed by atoms with Crippen molar-refractivity contribution in [3.63, 3.8) is 0 Å². The highest BCUT2D eigenvalue weighted by Crippen LogP contribution is 2.36. The highest BCUT2D eigenvalue weighted by molar-refractivity contribution is 6.30. The topological polar surface area (TPSA) is 76.2 Å². The molecular formula is C20H19ClF3N5O2. The predicted octanol–water partition coefficient (Wildman–Crippen LogP) is 3.83. The van der Waals surface area contributed by atoms with E-state index in [2.05, 4.69) is 10.1 Å². The highest BCUT2D eigenvalue weighted by atomic mass is 35.5. The second-order valence-corrected chi connectivity index (χ2v) is 7.86. The van der Waals surface area contributed by atoms with Crippen LogP contribution in [-0.4, -0.2) is 47.8 Å². The van der Waals surface area contributed by atoms with Gasteiger partial charge in [-0.1, -0.05) is 11.6 Å². The van der Waals surface area contributed by atoms with E-state index in [4.69, 9.17) is 11.6 Å². The van der Waals surface area contributed by atoms with E-state index in [9.17, 15) is 23.1 Å². The van der Waals surface area contributed by atoms with Gasteiger partial charge < -0.3 is 14.6 Å². The minimum Gasteiger partial charge on any atom is -0.504 e. The molecule has 164 valence electrons. The van der Waals surface area contributed by atoms with Gasteiger partial charge >= 0.3 is 6.18 Å². The molecule has 1 atom stereocenters. The third-order valence-electron chi connectivity index (χ3n) is 5.39. The second-order valence-electron chi connectivity index (χ2n) is 7.42. The summed E-state index contributed by atoms with van der Waals surface area (Å²) in [6.45, 7) is 0.467. The monoisotopic (exact) mass is 453 g/mol. The van der Waals surface area contributed by atoms with Gasteiger partial charge in [0.15, 0.2) is 11.4 Å². The number of amides is 1. The fourth-order valence-electron chi connectivity index (χ4n) is 3.83. The van der Waals surface area contributed by atoms with E-state index in [0.717, 1.165) is 41.7 Å². The van der Waals surface area contributed by atoms with Gasteiger partial charge in [0.1, 0.15) is 5.82 Å². The summed E-state index contributed by atoms with van der Waals surface area (Å²) in [6, 6.07) is 3.07. The number of aromatic hydroxyl groups is 1. The van der Waals surface area contributed by atoms with E-state index < -0.39 is 23.4 Å². The lowest BCUT2D eigenvalue weighted by molar-refractivity contribution is -0.137. The molecule has 1 amide bonds. The minimum absolute atomic E-state index is 0.0852. The average Bonchev–Trinajstić information content (AvgIpc) is 3.42. The van der Waals surface area contributed by atoms with Crippen LogP contribution in [0.25, 0.3) is 5.69 Å². The van der Waals surface area contributed by atoms with E-state index in [-0.39, 0.29) is 22.4 Å². The Morgan fingerprint density at radius 3 is 2.81 bits per heavy atom. The van der Waals surface area contributed by atoms with Crippen LogP contribution >= 0.6 is 11.6 Å². The third-order valence-corrected chi connectivity index (χ3v) is 5.62. The molecule has 1 aliphatic heterocycles. The van der Waals surface area contributed by atoms with Gasteiger partial charge in [0.05, 0.1) is 17.4 Å². The summed E-state index contributed by atoms with van der Waals surface area (Å²) in [4.78, 5) is 19.0. The van der Waals surface area contributed by atoms with Crippen molar-refractivity contribution in [3.8, 4) is 11.4 Å². The Bertz CT molecular complexity index is 1120. The van der Waals surface area contributed by atoms with Crippen LogP contribution < -0.4 is 0 Å². The van der Waals surface area contributed by atoms with E-state index >= 15 is 0 Å². The Balaban J connectivity index is 1.64. The number of rotatable bonds is 4. The normalized spacial score (nSPS) is 16.8. The van der Waals surface area contributed by atoms with Crippen molar-refractivity contribution in [1.82, 2.24) is 24.2 Å². The molecule has 0 unspecified atom stereocenters. The number of carbonyl (C=O) groups excluding carboxylic acids is 1. The minimum atomic E-state index is -4.69. The molecule has 1 aliphatic rings. The Hall–Kier alpha value is -3.01. The number of aromatic nitrogens is 4. The van der Waals surface area contributed by atoms with Gasteiger partial charge in [-0.15, -0.1) is 0 Å². The summed E-state index contributed by atoms with van der Waals surface area (Å²) in [6.07, 6.45) is 1.87. The van der Waals surface area contributed by atoms with E-state index in [1.54, 1.807) is 11.1 Å². The predicted molar refractivity (Wildman–Crippen MR) is 106 cm³/mol. The lowest BCUT2D eigenvalue weighted by atomic mass is 10.1. The van der Waals surface area contributed by atoms with Crippen molar-refractivity contribution in [1.29, 1.82) is 0 Å². The van der Waals surface area contributed by atoms with Crippen LogP contribution in [0.1, 0.15) is 34.7 Å². The first-order chi connectivity index (χ1) is 14.6. The Morgan fingerprint density at radius 2 is 2.13 bits per heavy atom. The number of benzene rings is 1. The quantitative estimate of drug-likeness (QED) is 0.651. The maximum Gasteiger partial charge on any atom is 0.418 e. The molecule has 31 heavy (non-hydrogen) atoms. The summed E-state index contributed by atoms with van der Waals surface area (Å²) in [5, 5.41) is 14.2. The summed E-state index contributed by atoms with van der Waals surface area (Å²) in [7, 11) is 1.86.